The first-order valence-electron chi connectivity index (χ1n) is 8.50. The van der Waals surface area contributed by atoms with E-state index in [2.05, 4.69) is 0 Å². The first kappa shape index (κ1) is 17.6. The number of ether oxygens (including phenoxy) is 1. The van der Waals surface area contributed by atoms with Crippen molar-refractivity contribution in [1.82, 2.24) is 0 Å². The first-order valence-corrected chi connectivity index (χ1v) is 8.50. The molecular weight excluding hydrogens is 324 g/mol. The third-order valence-corrected chi connectivity index (χ3v) is 4.36. The standard InChI is InChI=1S/C23H20O3/c1-26-23(25)20-14-8-9-17(15-20)16-21(18-10-4-2-5-11-18)22(24)19-12-6-3-7-13-19/h2-15,21H,16H2,1H3. The largest absolute Gasteiger partial charge is 0.465 e. The van der Waals surface area contributed by atoms with Crippen molar-refractivity contribution in [3.8, 4) is 0 Å². The molecule has 26 heavy (non-hydrogen) atoms. The summed E-state index contributed by atoms with van der Waals surface area (Å²) < 4.78 is 4.79. The van der Waals surface area contributed by atoms with Gasteiger partial charge in [-0.25, -0.2) is 4.79 Å². The normalized spacial score (nSPS) is 11.6. The highest BCUT2D eigenvalue weighted by Crippen LogP contribution is 2.26. The average molecular weight is 344 g/mol. The number of benzene rings is 3. The van der Waals surface area contributed by atoms with Crippen LogP contribution in [-0.2, 0) is 11.2 Å². The molecule has 3 aromatic rings. The van der Waals surface area contributed by atoms with Crippen LogP contribution in [0.4, 0.5) is 0 Å². The molecule has 0 heterocycles. The van der Waals surface area contributed by atoms with Gasteiger partial charge in [0.05, 0.1) is 18.6 Å². The van der Waals surface area contributed by atoms with Crippen LogP contribution in [0.5, 0.6) is 0 Å². The molecule has 1 atom stereocenters. The second kappa shape index (κ2) is 8.26. The van der Waals surface area contributed by atoms with Crippen molar-refractivity contribution in [1.29, 1.82) is 0 Å². The minimum absolute atomic E-state index is 0.0697. The lowest BCUT2D eigenvalue weighted by Gasteiger charge is -2.17. The van der Waals surface area contributed by atoms with E-state index in [1.54, 1.807) is 12.1 Å². The van der Waals surface area contributed by atoms with Crippen LogP contribution >= 0.6 is 0 Å². The highest BCUT2D eigenvalue weighted by Gasteiger charge is 2.22. The molecule has 3 heteroatoms. The van der Waals surface area contributed by atoms with Crippen molar-refractivity contribution >= 4 is 11.8 Å². The van der Waals surface area contributed by atoms with E-state index >= 15 is 0 Å². The Morgan fingerprint density at radius 1 is 0.808 bits per heavy atom. The molecule has 3 aromatic carbocycles. The summed E-state index contributed by atoms with van der Waals surface area (Å²) in [6.45, 7) is 0. The van der Waals surface area contributed by atoms with Gasteiger partial charge in [-0.15, -0.1) is 0 Å². The lowest BCUT2D eigenvalue weighted by Crippen LogP contribution is -2.16. The van der Waals surface area contributed by atoms with E-state index in [1.165, 1.54) is 7.11 Å². The van der Waals surface area contributed by atoms with Crippen LogP contribution in [-0.4, -0.2) is 18.9 Å². The van der Waals surface area contributed by atoms with Crippen molar-refractivity contribution in [3.05, 3.63) is 107 Å². The monoisotopic (exact) mass is 344 g/mol. The fourth-order valence-electron chi connectivity index (χ4n) is 3.03. The minimum atomic E-state index is -0.377. The van der Waals surface area contributed by atoms with Gasteiger partial charge in [0.2, 0.25) is 0 Å². The van der Waals surface area contributed by atoms with Crippen molar-refractivity contribution in [2.45, 2.75) is 12.3 Å². The van der Waals surface area contributed by atoms with Crippen LogP contribution in [0, 0.1) is 0 Å². The van der Waals surface area contributed by atoms with Crippen molar-refractivity contribution in [3.63, 3.8) is 0 Å². The Bertz CT molecular complexity index is 886. The summed E-state index contributed by atoms with van der Waals surface area (Å²) in [5.41, 5.74) is 3.06. The average Bonchev–Trinajstić information content (AvgIpc) is 2.72. The fourth-order valence-corrected chi connectivity index (χ4v) is 3.03. The number of carbonyl (C=O) groups excluding carboxylic acids is 2. The maximum absolute atomic E-state index is 13.1. The Balaban J connectivity index is 1.95. The van der Waals surface area contributed by atoms with Gasteiger partial charge in [-0.1, -0.05) is 72.8 Å². The highest BCUT2D eigenvalue weighted by molar-refractivity contribution is 6.01. The Labute approximate surface area is 153 Å². The van der Waals surface area contributed by atoms with Crippen LogP contribution in [0.1, 0.15) is 37.8 Å². The molecule has 3 nitrogen and oxygen atoms in total. The molecule has 0 aromatic heterocycles. The van der Waals surface area contributed by atoms with Crippen LogP contribution in [0.25, 0.3) is 0 Å². The molecule has 0 fully saturated rings. The van der Waals surface area contributed by atoms with Gasteiger partial charge in [0, 0.05) is 5.56 Å². The zero-order valence-corrected chi connectivity index (χ0v) is 14.6. The molecule has 0 aliphatic carbocycles. The quantitative estimate of drug-likeness (QED) is 0.481. The zero-order valence-electron chi connectivity index (χ0n) is 14.6. The lowest BCUT2D eigenvalue weighted by atomic mass is 9.85. The van der Waals surface area contributed by atoms with Crippen LogP contribution < -0.4 is 0 Å². The maximum atomic E-state index is 13.1. The number of rotatable bonds is 6. The van der Waals surface area contributed by atoms with Crippen LogP contribution in [0.2, 0.25) is 0 Å². The van der Waals surface area contributed by atoms with E-state index < -0.39 is 0 Å². The molecule has 130 valence electrons. The summed E-state index contributed by atoms with van der Waals surface area (Å²) in [6.07, 6.45) is 0.516. The number of hydrogen-bond acceptors (Lipinski definition) is 3. The molecule has 0 amide bonds. The summed E-state index contributed by atoms with van der Waals surface area (Å²) in [6, 6.07) is 26.3. The van der Waals surface area contributed by atoms with Crippen molar-refractivity contribution < 1.29 is 14.3 Å². The van der Waals surface area contributed by atoms with Gasteiger partial charge in [0.15, 0.2) is 5.78 Å². The smallest absolute Gasteiger partial charge is 0.337 e. The summed E-state index contributed by atoms with van der Waals surface area (Å²) in [4.78, 5) is 24.9. The zero-order chi connectivity index (χ0) is 18.4. The molecule has 0 N–H and O–H groups in total. The number of Topliss-reactive ketones (excluding diaryl/α,β-unsaturated/α-hetero) is 1. The number of hydrogen-bond donors (Lipinski definition) is 0. The second-order valence-corrected chi connectivity index (χ2v) is 6.09. The maximum Gasteiger partial charge on any atom is 0.337 e. The first-order chi connectivity index (χ1) is 12.7. The molecule has 0 radical (unpaired) electrons. The Hall–Kier alpha value is -3.20. The lowest BCUT2D eigenvalue weighted by molar-refractivity contribution is 0.0600. The van der Waals surface area contributed by atoms with Gasteiger partial charge in [-0.2, -0.15) is 0 Å². The molecular formula is C23H20O3. The Kier molecular flexibility index (Phi) is 5.59. The fraction of sp³-hybridized carbons (Fsp3) is 0.130. The number of esters is 1. The molecule has 0 saturated heterocycles. The van der Waals surface area contributed by atoms with Crippen molar-refractivity contribution in [2.24, 2.45) is 0 Å². The molecule has 1 unspecified atom stereocenters. The van der Waals surface area contributed by atoms with Gasteiger partial charge in [-0.3, -0.25) is 4.79 Å². The van der Waals surface area contributed by atoms with Crippen molar-refractivity contribution in [2.75, 3.05) is 7.11 Å². The molecule has 0 spiro atoms. The van der Waals surface area contributed by atoms with Gasteiger partial charge in [-0.05, 0) is 29.7 Å². The predicted molar refractivity (Wildman–Crippen MR) is 101 cm³/mol. The third-order valence-electron chi connectivity index (χ3n) is 4.36. The van der Waals surface area contributed by atoms with Gasteiger partial charge >= 0.3 is 5.97 Å². The Morgan fingerprint density at radius 2 is 1.42 bits per heavy atom. The molecule has 0 saturated carbocycles. The van der Waals surface area contributed by atoms with E-state index in [-0.39, 0.29) is 17.7 Å². The Morgan fingerprint density at radius 3 is 2.08 bits per heavy atom. The van der Waals surface area contributed by atoms with Gasteiger partial charge in [0.25, 0.3) is 0 Å². The SMILES string of the molecule is COC(=O)c1cccc(CC(C(=O)c2ccccc2)c2ccccc2)c1. The summed E-state index contributed by atoms with van der Waals surface area (Å²) in [7, 11) is 1.36. The van der Waals surface area contributed by atoms with E-state index in [4.69, 9.17) is 4.74 Å². The van der Waals surface area contributed by atoms with E-state index in [0.717, 1.165) is 11.1 Å². The molecule has 0 aliphatic rings. The second-order valence-electron chi connectivity index (χ2n) is 6.09. The van der Waals surface area contributed by atoms with Crippen LogP contribution in [0.15, 0.2) is 84.9 Å². The van der Waals surface area contributed by atoms with Crippen LogP contribution in [0.3, 0.4) is 0 Å². The number of methoxy groups -OCH3 is 1. The predicted octanol–water partition coefficient (Wildman–Crippen LogP) is 4.68. The van der Waals surface area contributed by atoms with E-state index in [9.17, 15) is 9.59 Å². The molecule has 3 rings (SSSR count). The number of ketones is 1. The minimum Gasteiger partial charge on any atom is -0.465 e. The summed E-state index contributed by atoms with van der Waals surface area (Å²) in [5.74, 6) is -0.621. The van der Waals surface area contributed by atoms with Gasteiger partial charge in [0.1, 0.15) is 0 Å². The topological polar surface area (TPSA) is 43.4 Å². The van der Waals surface area contributed by atoms with E-state index in [0.29, 0.717) is 17.5 Å². The summed E-state index contributed by atoms with van der Waals surface area (Å²) >= 11 is 0. The number of carbonyl (C=O) groups is 2. The highest BCUT2D eigenvalue weighted by atomic mass is 16.5. The third kappa shape index (κ3) is 4.06. The van der Waals surface area contributed by atoms with E-state index in [1.807, 2.05) is 72.8 Å². The molecule has 0 aliphatic heterocycles. The molecule has 0 bridgehead atoms. The summed E-state index contributed by atoms with van der Waals surface area (Å²) in [5, 5.41) is 0. The van der Waals surface area contributed by atoms with Gasteiger partial charge < -0.3 is 4.74 Å².